The van der Waals surface area contributed by atoms with E-state index in [1.54, 1.807) is 12.1 Å². The zero-order valence-corrected chi connectivity index (χ0v) is 14.8. The van der Waals surface area contributed by atoms with Crippen LogP contribution in [0.2, 0.25) is 0 Å². The molecule has 0 spiro atoms. The molecule has 0 aromatic heterocycles. The molecular weight excluding hydrogens is 332 g/mol. The van der Waals surface area contributed by atoms with Crippen molar-refractivity contribution in [2.24, 2.45) is 0 Å². The molecule has 1 amide bonds. The van der Waals surface area contributed by atoms with Gasteiger partial charge in [0.25, 0.3) is 5.91 Å². The molecule has 2 atom stereocenters. The maximum absolute atomic E-state index is 13.0. The molecule has 0 fully saturated rings. The maximum atomic E-state index is 13.0. The number of carboxylic acid groups (broad SMARTS) is 1. The number of para-hydroxylation sites is 1. The van der Waals surface area contributed by atoms with E-state index < -0.39 is 12.6 Å². The molecule has 1 heterocycles. The first-order valence-corrected chi connectivity index (χ1v) is 8.62. The molecule has 0 saturated carbocycles. The lowest BCUT2D eigenvalue weighted by atomic mass is 10.0. The summed E-state index contributed by atoms with van der Waals surface area (Å²) >= 11 is 0. The van der Waals surface area contributed by atoms with E-state index in [0.717, 1.165) is 17.7 Å². The zero-order chi connectivity index (χ0) is 18.7. The summed E-state index contributed by atoms with van der Waals surface area (Å²) in [6, 6.07) is 14.6. The molecule has 0 radical (unpaired) electrons. The van der Waals surface area contributed by atoms with Crippen molar-refractivity contribution in [1.29, 1.82) is 0 Å². The van der Waals surface area contributed by atoms with Gasteiger partial charge in [0.1, 0.15) is 18.5 Å². The van der Waals surface area contributed by atoms with Crippen molar-refractivity contribution in [2.75, 3.05) is 11.9 Å². The molecule has 2 aromatic carbocycles. The van der Waals surface area contributed by atoms with Crippen LogP contribution in [0.4, 0.5) is 5.69 Å². The molecule has 1 aliphatic heterocycles. The Hall–Kier alpha value is -3.02. The second-order valence-corrected chi connectivity index (χ2v) is 6.29. The van der Waals surface area contributed by atoms with Crippen molar-refractivity contribution < 1.29 is 19.4 Å². The molecule has 136 valence electrons. The molecular formula is C20H21N2O4-. The first-order valence-electron chi connectivity index (χ1n) is 8.62. The summed E-state index contributed by atoms with van der Waals surface area (Å²) in [6.45, 7) is 3.58. The predicted octanol–water partition coefficient (Wildman–Crippen LogP) is 2.18. The largest absolute Gasteiger partial charge is 0.546 e. The lowest BCUT2D eigenvalue weighted by Gasteiger charge is -2.41. The Bertz CT molecular complexity index is 804. The van der Waals surface area contributed by atoms with E-state index in [9.17, 15) is 14.7 Å². The Morgan fingerprint density at radius 1 is 1.23 bits per heavy atom. The summed E-state index contributed by atoms with van der Waals surface area (Å²) in [4.78, 5) is 25.4. The molecule has 6 nitrogen and oxygen atoms in total. The number of carboxylic acids is 1. The lowest BCUT2D eigenvalue weighted by molar-refractivity contribution is -0.307. The summed E-state index contributed by atoms with van der Waals surface area (Å²) in [7, 11) is 0. The van der Waals surface area contributed by atoms with E-state index in [1.807, 2.05) is 55.1 Å². The van der Waals surface area contributed by atoms with Crippen molar-refractivity contribution in [3.8, 4) is 5.75 Å². The van der Waals surface area contributed by atoms with Crippen LogP contribution in [0.5, 0.6) is 5.75 Å². The van der Waals surface area contributed by atoms with Crippen LogP contribution >= 0.6 is 0 Å². The third kappa shape index (κ3) is 3.49. The summed E-state index contributed by atoms with van der Waals surface area (Å²) in [5, 5.41) is 13.9. The van der Waals surface area contributed by atoms with Gasteiger partial charge in [0.05, 0.1) is 11.5 Å². The van der Waals surface area contributed by atoms with Crippen molar-refractivity contribution in [1.82, 2.24) is 4.90 Å². The number of aliphatic carboxylic acids is 1. The van der Waals surface area contributed by atoms with Crippen LogP contribution in [-0.4, -0.2) is 29.4 Å². The van der Waals surface area contributed by atoms with Gasteiger partial charge < -0.3 is 24.9 Å². The highest BCUT2D eigenvalue weighted by atomic mass is 16.5. The van der Waals surface area contributed by atoms with Gasteiger partial charge in [-0.1, -0.05) is 31.2 Å². The van der Waals surface area contributed by atoms with Crippen LogP contribution in [0.15, 0.2) is 48.5 Å². The smallest absolute Gasteiger partial charge is 0.258 e. The highest BCUT2D eigenvalue weighted by Gasteiger charge is 2.35. The van der Waals surface area contributed by atoms with Gasteiger partial charge in [-0.05, 0) is 43.2 Å². The Balaban J connectivity index is 1.91. The number of carbonyl (C=O) groups is 2. The van der Waals surface area contributed by atoms with Crippen LogP contribution < -0.4 is 15.2 Å². The number of fused-ring (bicyclic) bond motifs is 1. The van der Waals surface area contributed by atoms with Gasteiger partial charge >= 0.3 is 0 Å². The van der Waals surface area contributed by atoms with Crippen molar-refractivity contribution in [3.63, 3.8) is 0 Å². The Labute approximate surface area is 152 Å². The number of benzene rings is 2. The average Bonchev–Trinajstić information content (AvgIpc) is 2.66. The topological polar surface area (TPSA) is 81.7 Å². The molecule has 2 aromatic rings. The third-order valence-electron chi connectivity index (χ3n) is 4.58. The van der Waals surface area contributed by atoms with E-state index in [1.165, 1.54) is 0 Å². The van der Waals surface area contributed by atoms with Gasteiger partial charge in [0, 0.05) is 11.7 Å². The van der Waals surface area contributed by atoms with Crippen LogP contribution in [-0.2, 0) is 4.79 Å². The van der Waals surface area contributed by atoms with E-state index in [0.29, 0.717) is 11.3 Å². The molecule has 1 aliphatic rings. The number of hydrogen-bond acceptors (Lipinski definition) is 5. The monoisotopic (exact) mass is 353 g/mol. The van der Waals surface area contributed by atoms with Crippen LogP contribution in [0.1, 0.15) is 42.4 Å². The van der Waals surface area contributed by atoms with E-state index in [4.69, 9.17) is 4.74 Å². The number of ether oxygens (including phenoxy) is 1. The summed E-state index contributed by atoms with van der Waals surface area (Å²) in [6.07, 6.45) is 0.529. The third-order valence-corrected chi connectivity index (χ3v) is 4.58. The van der Waals surface area contributed by atoms with Gasteiger partial charge in [0.2, 0.25) is 0 Å². The number of rotatable bonds is 6. The van der Waals surface area contributed by atoms with E-state index >= 15 is 0 Å². The number of nitrogens with one attached hydrogen (secondary N) is 1. The zero-order valence-electron chi connectivity index (χ0n) is 14.8. The summed E-state index contributed by atoms with van der Waals surface area (Å²) < 4.78 is 5.12. The molecule has 0 bridgehead atoms. The molecule has 0 aliphatic carbocycles. The number of carbonyl (C=O) groups excluding carboxylic acids is 2. The standard InChI is InChI=1S/C20H22N2O4/c1-3-13(2)22-19(21-17-7-5-4-6-16(17)20(22)25)14-8-10-15(11-9-14)26-12-18(23)24/h4-11,13,19,21H,3,12H2,1-2H3,(H,23,24)/p-1/t13-,19-/m1/s1. The van der Waals surface area contributed by atoms with Gasteiger partial charge in [-0.25, -0.2) is 0 Å². The fraction of sp³-hybridized carbons (Fsp3) is 0.300. The van der Waals surface area contributed by atoms with Crippen LogP contribution in [0.25, 0.3) is 0 Å². The predicted molar refractivity (Wildman–Crippen MR) is 95.7 cm³/mol. The van der Waals surface area contributed by atoms with Crippen LogP contribution in [0.3, 0.4) is 0 Å². The molecule has 0 saturated heterocycles. The Kier molecular flexibility index (Phi) is 5.11. The van der Waals surface area contributed by atoms with Crippen molar-refractivity contribution in [3.05, 3.63) is 59.7 Å². The average molecular weight is 353 g/mol. The van der Waals surface area contributed by atoms with Gasteiger partial charge in [-0.15, -0.1) is 0 Å². The number of hydrogen-bond donors (Lipinski definition) is 1. The normalized spacial score (nSPS) is 17.2. The minimum absolute atomic E-state index is 0.00372. The number of nitrogens with zero attached hydrogens (tertiary/aromatic N) is 1. The van der Waals surface area contributed by atoms with Crippen molar-refractivity contribution in [2.45, 2.75) is 32.5 Å². The summed E-state index contributed by atoms with van der Waals surface area (Å²) in [5.41, 5.74) is 2.37. The van der Waals surface area contributed by atoms with Gasteiger partial charge in [-0.2, -0.15) is 0 Å². The van der Waals surface area contributed by atoms with E-state index in [2.05, 4.69) is 5.32 Å². The van der Waals surface area contributed by atoms with Gasteiger partial charge in [-0.3, -0.25) is 4.79 Å². The fourth-order valence-corrected chi connectivity index (χ4v) is 3.05. The second-order valence-electron chi connectivity index (χ2n) is 6.29. The molecule has 6 heteroatoms. The highest BCUT2D eigenvalue weighted by Crippen LogP contribution is 2.35. The molecule has 3 rings (SSSR count). The SMILES string of the molecule is CC[C@@H](C)N1C(=O)c2ccccc2N[C@H]1c1ccc(OCC(=O)[O-])cc1. The highest BCUT2D eigenvalue weighted by molar-refractivity contribution is 6.01. The molecule has 1 N–H and O–H groups in total. The maximum Gasteiger partial charge on any atom is 0.258 e. The summed E-state index contributed by atoms with van der Waals surface area (Å²) in [5.74, 6) is -0.834. The number of anilines is 1. The Morgan fingerprint density at radius 2 is 1.92 bits per heavy atom. The molecule has 0 unspecified atom stereocenters. The molecule has 26 heavy (non-hydrogen) atoms. The number of amides is 1. The minimum atomic E-state index is -1.27. The van der Waals surface area contributed by atoms with E-state index in [-0.39, 0.29) is 18.1 Å². The van der Waals surface area contributed by atoms with Gasteiger partial charge in [0.15, 0.2) is 0 Å². The quantitative estimate of drug-likeness (QED) is 0.861. The minimum Gasteiger partial charge on any atom is -0.546 e. The Morgan fingerprint density at radius 3 is 2.58 bits per heavy atom. The lowest BCUT2D eigenvalue weighted by Crippen LogP contribution is -2.47. The van der Waals surface area contributed by atoms with Crippen molar-refractivity contribution >= 4 is 17.6 Å². The first kappa shape index (κ1) is 17.8. The fourth-order valence-electron chi connectivity index (χ4n) is 3.05. The second kappa shape index (κ2) is 7.47. The first-order chi connectivity index (χ1) is 12.5. The van der Waals surface area contributed by atoms with Crippen LogP contribution in [0, 0.1) is 0 Å².